The SMILES string of the molecule is C#Cc1c(F)ccc2cc(O)cc(-c3c(C)c4nc(OCC(C)(CCCCC)CC(F)CC)nc(N5CCCN=C(/C=C(\N)C(=O)N(C)C)C5)c4c4c3=NC(C)C(C)C=4)c12. The number of halogens is 2. The van der Waals surface area contributed by atoms with Gasteiger partial charge in [-0.3, -0.25) is 14.8 Å². The van der Waals surface area contributed by atoms with E-state index in [0.29, 0.717) is 88.8 Å². The number of aromatic nitrogens is 2. The molecule has 0 saturated heterocycles. The van der Waals surface area contributed by atoms with Gasteiger partial charge < -0.3 is 25.4 Å². The summed E-state index contributed by atoms with van der Waals surface area (Å²) in [6.45, 7) is 13.8. The number of aryl methyl sites for hydroxylation is 1. The third kappa shape index (κ3) is 9.10. The van der Waals surface area contributed by atoms with Gasteiger partial charge in [0, 0.05) is 48.8 Å². The number of aliphatic imine (C=N–C) groups is 1. The zero-order valence-electron chi connectivity index (χ0n) is 36.3. The van der Waals surface area contributed by atoms with E-state index in [1.165, 1.54) is 11.0 Å². The maximum atomic E-state index is 15.5. The molecule has 6 rings (SSSR count). The van der Waals surface area contributed by atoms with Crippen molar-refractivity contribution in [1.82, 2.24) is 14.9 Å². The van der Waals surface area contributed by atoms with Gasteiger partial charge in [-0.05, 0) is 86.2 Å². The quantitative estimate of drug-likeness (QED) is 0.0758. The van der Waals surface area contributed by atoms with E-state index in [2.05, 4.69) is 44.6 Å². The van der Waals surface area contributed by atoms with Crippen LogP contribution in [0.1, 0.15) is 90.7 Å². The van der Waals surface area contributed by atoms with Gasteiger partial charge in [0.25, 0.3) is 5.91 Å². The molecule has 2 aliphatic rings. The lowest BCUT2D eigenvalue weighted by molar-refractivity contribution is -0.124. The normalized spacial score (nSPS) is 18.4. The zero-order chi connectivity index (χ0) is 43.5. The Morgan fingerprint density at radius 1 is 1.20 bits per heavy atom. The highest BCUT2D eigenvalue weighted by atomic mass is 19.1. The van der Waals surface area contributed by atoms with Crippen molar-refractivity contribution in [3.05, 3.63) is 63.6 Å². The number of amides is 1. The van der Waals surface area contributed by atoms with E-state index < -0.39 is 17.4 Å². The van der Waals surface area contributed by atoms with E-state index in [1.54, 1.807) is 38.4 Å². The minimum atomic E-state index is -0.974. The molecule has 0 bridgehead atoms. The second-order valence-electron chi connectivity index (χ2n) is 17.1. The first-order chi connectivity index (χ1) is 28.6. The Hall–Kier alpha value is -5.57. The first-order valence-electron chi connectivity index (χ1n) is 21.2. The van der Waals surface area contributed by atoms with Crippen molar-refractivity contribution in [1.29, 1.82) is 0 Å². The number of hydrogen-bond acceptors (Lipinski definition) is 9. The molecule has 4 aromatic rings. The summed E-state index contributed by atoms with van der Waals surface area (Å²) in [5.41, 5.74) is 9.08. The third-order valence-corrected chi connectivity index (χ3v) is 12.0. The highest BCUT2D eigenvalue weighted by Gasteiger charge is 2.31. The number of anilines is 1. The number of terminal acetylenes is 1. The molecule has 12 heteroatoms. The predicted molar refractivity (Wildman–Crippen MR) is 238 cm³/mol. The Labute approximate surface area is 352 Å². The monoisotopic (exact) mass is 819 g/mol. The molecular weight excluding hydrogens is 761 g/mol. The summed E-state index contributed by atoms with van der Waals surface area (Å²) < 4.78 is 37.2. The van der Waals surface area contributed by atoms with Gasteiger partial charge in [-0.15, -0.1) is 6.42 Å². The van der Waals surface area contributed by atoms with Crippen molar-refractivity contribution in [3.63, 3.8) is 0 Å². The largest absolute Gasteiger partial charge is 0.508 e. The molecule has 60 heavy (non-hydrogen) atoms. The summed E-state index contributed by atoms with van der Waals surface area (Å²) in [5, 5.41) is 14.4. The minimum Gasteiger partial charge on any atom is -0.508 e. The molecular formula is C48H59F2N7O3. The van der Waals surface area contributed by atoms with Crippen LogP contribution < -0.4 is 25.9 Å². The number of benzene rings is 3. The minimum absolute atomic E-state index is 0.00834. The van der Waals surface area contributed by atoms with E-state index >= 15 is 8.78 Å². The van der Waals surface area contributed by atoms with Crippen LogP contribution in [0, 0.1) is 36.4 Å². The van der Waals surface area contributed by atoms with Gasteiger partial charge in [-0.1, -0.05) is 65.0 Å². The highest BCUT2D eigenvalue weighted by Crippen LogP contribution is 2.39. The molecule has 3 aromatic carbocycles. The molecule has 3 N–H and O–H groups in total. The van der Waals surface area contributed by atoms with E-state index in [1.807, 2.05) is 13.8 Å². The van der Waals surface area contributed by atoms with Gasteiger partial charge in [-0.25, -0.2) is 8.78 Å². The Kier molecular flexibility index (Phi) is 13.5. The van der Waals surface area contributed by atoms with Crippen molar-refractivity contribution in [3.8, 4) is 35.2 Å². The number of likely N-dealkylation sites (N-methyl/N-ethyl adjacent to an activating group) is 1. The fourth-order valence-electron chi connectivity index (χ4n) is 8.44. The van der Waals surface area contributed by atoms with E-state index in [-0.39, 0.29) is 47.5 Å². The fourth-order valence-corrected chi connectivity index (χ4v) is 8.44. The summed E-state index contributed by atoms with van der Waals surface area (Å²) in [6, 6.07) is 6.13. The van der Waals surface area contributed by atoms with Gasteiger partial charge >= 0.3 is 6.01 Å². The lowest BCUT2D eigenvalue weighted by atomic mass is 9.80. The van der Waals surface area contributed by atoms with Gasteiger partial charge in [0.1, 0.15) is 23.6 Å². The number of aromatic hydroxyl groups is 1. The summed E-state index contributed by atoms with van der Waals surface area (Å²) in [6.07, 6.45) is 14.1. The van der Waals surface area contributed by atoms with Crippen molar-refractivity contribution in [2.75, 3.05) is 45.2 Å². The smallest absolute Gasteiger partial charge is 0.318 e. The number of fused-ring (bicyclic) bond motifs is 4. The standard InChI is InChI=1S/C48H59F2N7O3/c1-10-13-14-18-48(7,25-32(49)11-2)27-60-47-54-43-29(5)40(36-24-34(58)22-31-16-17-38(50)35(12-3)41(31)36)44-37(21-28(4)30(6)53-44)42(43)45(55-47)57-20-15-19-52-33(26-57)23-39(51)46(59)56(8)9/h3,16-17,21-24,28,30,32,58H,10-11,13-15,18-20,25-27,51H2,1-2,4-9H3/b39-23-. The topological polar surface area (TPSA) is 130 Å². The van der Waals surface area contributed by atoms with Gasteiger partial charge in [-0.2, -0.15) is 9.97 Å². The first kappa shape index (κ1) is 44.0. The number of carbonyl (C=O) groups excluding carboxylic acids is 1. The molecule has 1 aromatic heterocycles. The predicted octanol–water partition coefficient (Wildman–Crippen LogP) is 7.71. The summed E-state index contributed by atoms with van der Waals surface area (Å²) in [7, 11) is 3.30. The molecule has 1 amide bonds. The number of nitrogens with two attached hydrogens (primary N) is 1. The van der Waals surface area contributed by atoms with Crippen LogP contribution in [0.4, 0.5) is 14.6 Å². The molecule has 0 spiro atoms. The summed E-state index contributed by atoms with van der Waals surface area (Å²) >= 11 is 0. The van der Waals surface area contributed by atoms with Crippen molar-refractivity contribution in [2.45, 2.75) is 98.7 Å². The molecule has 0 aliphatic carbocycles. The van der Waals surface area contributed by atoms with Crippen LogP contribution in [-0.2, 0) is 4.79 Å². The number of alkyl halides is 1. The Morgan fingerprint density at radius 2 is 1.97 bits per heavy atom. The zero-order valence-corrected chi connectivity index (χ0v) is 36.3. The van der Waals surface area contributed by atoms with Crippen molar-refractivity contribution in [2.24, 2.45) is 27.1 Å². The maximum absolute atomic E-state index is 15.5. The number of ether oxygens (including phenoxy) is 1. The van der Waals surface area contributed by atoms with Crippen LogP contribution in [0.2, 0.25) is 0 Å². The maximum Gasteiger partial charge on any atom is 0.318 e. The Morgan fingerprint density at radius 3 is 2.67 bits per heavy atom. The molecule has 4 atom stereocenters. The molecule has 4 unspecified atom stereocenters. The first-order valence-corrected chi connectivity index (χ1v) is 21.2. The Balaban J connectivity index is 1.66. The second-order valence-corrected chi connectivity index (χ2v) is 17.1. The van der Waals surface area contributed by atoms with Gasteiger partial charge in [0.15, 0.2) is 0 Å². The van der Waals surface area contributed by atoms with Gasteiger partial charge in [0.2, 0.25) is 0 Å². The number of phenols is 1. The number of phenolic OH excluding ortho intramolecular Hbond substituents is 1. The van der Waals surface area contributed by atoms with Crippen molar-refractivity contribution >= 4 is 45.2 Å². The van der Waals surface area contributed by atoms with Crippen LogP contribution in [0.15, 0.2) is 46.0 Å². The Bertz CT molecular complexity index is 2530. The molecule has 318 valence electrons. The average Bonchev–Trinajstić information content (AvgIpc) is 3.45. The third-order valence-electron chi connectivity index (χ3n) is 12.0. The average molecular weight is 820 g/mol. The van der Waals surface area contributed by atoms with Crippen LogP contribution in [-0.4, -0.2) is 84.1 Å². The second kappa shape index (κ2) is 18.4. The molecule has 3 heterocycles. The van der Waals surface area contributed by atoms with Crippen molar-refractivity contribution < 1.29 is 23.4 Å². The lowest BCUT2D eigenvalue weighted by Gasteiger charge is -2.31. The summed E-state index contributed by atoms with van der Waals surface area (Å²) in [5.74, 6) is 2.31. The molecule has 0 fully saturated rings. The lowest BCUT2D eigenvalue weighted by Crippen LogP contribution is -2.39. The number of unbranched alkanes of at least 4 members (excludes halogenated alkanes) is 2. The number of carbonyl (C=O) groups is 1. The van der Waals surface area contributed by atoms with E-state index in [4.69, 9.17) is 36.8 Å². The molecule has 2 aliphatic heterocycles. The summed E-state index contributed by atoms with van der Waals surface area (Å²) in [4.78, 5) is 36.8. The van der Waals surface area contributed by atoms with Crippen LogP contribution in [0.25, 0.3) is 38.9 Å². The number of nitrogens with zero attached hydrogens (tertiary/aromatic N) is 6. The van der Waals surface area contributed by atoms with E-state index in [0.717, 1.165) is 36.3 Å². The van der Waals surface area contributed by atoms with Crippen LogP contribution in [0.5, 0.6) is 11.8 Å². The molecule has 10 nitrogen and oxygen atoms in total. The van der Waals surface area contributed by atoms with E-state index in [9.17, 15) is 9.90 Å². The van der Waals surface area contributed by atoms with Crippen LogP contribution >= 0.6 is 0 Å². The fraction of sp³-hybridized carbons (Fsp3) is 0.479. The molecule has 0 radical (unpaired) electrons. The highest BCUT2D eigenvalue weighted by molar-refractivity contribution is 6.08. The molecule has 0 saturated carbocycles. The number of hydrogen-bond donors (Lipinski definition) is 2. The van der Waals surface area contributed by atoms with Gasteiger partial charge in [0.05, 0.1) is 52.4 Å². The van der Waals surface area contributed by atoms with Crippen LogP contribution in [0.3, 0.4) is 0 Å². The number of rotatable bonds is 14.